The predicted octanol–water partition coefficient (Wildman–Crippen LogP) is -1.28. The largest absolute Gasteiger partial charge is 0.394 e. The van der Waals surface area contributed by atoms with Gasteiger partial charge in [-0.05, 0) is 13.0 Å². The fourth-order valence-electron chi connectivity index (χ4n) is 2.17. The van der Waals surface area contributed by atoms with Gasteiger partial charge in [-0.25, -0.2) is 4.79 Å². The molecule has 1 aliphatic rings. The number of ether oxygens (including phenoxy) is 1. The zero-order chi connectivity index (χ0) is 14.2. The third-order valence-electron chi connectivity index (χ3n) is 3.38. The molecule has 0 amide bonds. The van der Waals surface area contributed by atoms with Crippen molar-refractivity contribution in [3.8, 4) is 12.3 Å². The van der Waals surface area contributed by atoms with Crippen LogP contribution in [-0.2, 0) is 4.74 Å². The van der Waals surface area contributed by atoms with Crippen molar-refractivity contribution < 1.29 is 14.9 Å². The van der Waals surface area contributed by atoms with Gasteiger partial charge in [0.15, 0.2) is 6.23 Å². The van der Waals surface area contributed by atoms with Gasteiger partial charge >= 0.3 is 5.69 Å². The maximum atomic E-state index is 11.8. The van der Waals surface area contributed by atoms with Gasteiger partial charge in [-0.2, -0.15) is 4.98 Å². The Morgan fingerprint density at radius 2 is 2.42 bits per heavy atom. The normalized spacial score (nSPS) is 34.1. The molecule has 4 N–H and O–H groups in total. The Bertz CT molecular complexity index is 579. The molecule has 19 heavy (non-hydrogen) atoms. The molecule has 0 unspecified atom stereocenters. The maximum absolute atomic E-state index is 11.8. The number of hydrogen-bond acceptors (Lipinski definition) is 6. The van der Waals surface area contributed by atoms with Gasteiger partial charge in [0.2, 0.25) is 0 Å². The second-order valence-electron chi connectivity index (χ2n) is 4.62. The van der Waals surface area contributed by atoms with E-state index in [9.17, 15) is 9.90 Å². The van der Waals surface area contributed by atoms with Crippen LogP contribution < -0.4 is 11.4 Å². The van der Waals surface area contributed by atoms with E-state index in [-0.39, 0.29) is 5.82 Å². The van der Waals surface area contributed by atoms with Crippen LogP contribution in [0.5, 0.6) is 0 Å². The topological polar surface area (TPSA) is 111 Å². The van der Waals surface area contributed by atoms with Gasteiger partial charge in [0, 0.05) is 6.20 Å². The molecular formula is C12H15N3O4. The Kier molecular flexibility index (Phi) is 3.32. The van der Waals surface area contributed by atoms with Gasteiger partial charge in [0.25, 0.3) is 0 Å². The Balaban J connectivity index is 2.49. The first-order valence-corrected chi connectivity index (χ1v) is 5.71. The molecule has 2 rings (SSSR count). The van der Waals surface area contributed by atoms with Crippen LogP contribution in [0.4, 0.5) is 5.82 Å². The summed E-state index contributed by atoms with van der Waals surface area (Å²) in [5.41, 5.74) is 3.64. The van der Waals surface area contributed by atoms with Gasteiger partial charge in [-0.1, -0.05) is 5.92 Å². The van der Waals surface area contributed by atoms with Crippen molar-refractivity contribution in [2.24, 2.45) is 5.41 Å². The van der Waals surface area contributed by atoms with Crippen LogP contribution in [0.1, 0.15) is 13.2 Å². The number of rotatable bonds is 2. The zero-order valence-corrected chi connectivity index (χ0v) is 10.4. The van der Waals surface area contributed by atoms with Crippen molar-refractivity contribution in [1.82, 2.24) is 9.55 Å². The molecule has 0 aromatic carbocycles. The fraction of sp³-hybridized carbons (Fsp3) is 0.500. The molecule has 1 aromatic heterocycles. The molecule has 1 saturated heterocycles. The molecule has 0 spiro atoms. The smallest absolute Gasteiger partial charge is 0.351 e. The summed E-state index contributed by atoms with van der Waals surface area (Å²) in [5.74, 6) is 2.52. The van der Waals surface area contributed by atoms with E-state index in [0.29, 0.717) is 0 Å². The minimum Gasteiger partial charge on any atom is -0.394 e. The molecule has 0 radical (unpaired) electrons. The number of nitrogen functional groups attached to an aromatic ring is 1. The van der Waals surface area contributed by atoms with E-state index in [1.54, 1.807) is 6.92 Å². The highest BCUT2D eigenvalue weighted by Gasteiger charge is 2.53. The van der Waals surface area contributed by atoms with Crippen LogP contribution in [0.2, 0.25) is 0 Å². The van der Waals surface area contributed by atoms with Crippen LogP contribution in [0.15, 0.2) is 17.1 Å². The van der Waals surface area contributed by atoms with Gasteiger partial charge in [0.1, 0.15) is 23.4 Å². The summed E-state index contributed by atoms with van der Waals surface area (Å²) in [4.78, 5) is 15.4. The third-order valence-corrected chi connectivity index (χ3v) is 3.38. The van der Waals surface area contributed by atoms with Crippen molar-refractivity contribution in [1.29, 1.82) is 0 Å². The quantitative estimate of drug-likeness (QED) is 0.574. The Labute approximate surface area is 109 Å². The Morgan fingerprint density at radius 3 is 2.95 bits per heavy atom. The molecule has 7 nitrogen and oxygen atoms in total. The fourth-order valence-corrected chi connectivity index (χ4v) is 2.17. The van der Waals surface area contributed by atoms with Gasteiger partial charge in [0.05, 0.1) is 6.61 Å². The minimum absolute atomic E-state index is 0.0842. The number of hydrogen-bond donors (Lipinski definition) is 3. The van der Waals surface area contributed by atoms with Crippen LogP contribution in [0.25, 0.3) is 0 Å². The highest BCUT2D eigenvalue weighted by molar-refractivity contribution is 5.24. The van der Waals surface area contributed by atoms with E-state index in [4.69, 9.17) is 22.0 Å². The average Bonchev–Trinajstić information content (AvgIpc) is 2.63. The zero-order valence-electron chi connectivity index (χ0n) is 10.4. The molecule has 7 heteroatoms. The first-order chi connectivity index (χ1) is 8.93. The molecule has 2 heterocycles. The van der Waals surface area contributed by atoms with Crippen molar-refractivity contribution in [2.75, 3.05) is 12.3 Å². The van der Waals surface area contributed by atoms with E-state index in [2.05, 4.69) is 10.9 Å². The number of aliphatic hydroxyl groups is 2. The van der Waals surface area contributed by atoms with Crippen LogP contribution in [0.3, 0.4) is 0 Å². The molecular weight excluding hydrogens is 250 g/mol. The first-order valence-electron chi connectivity index (χ1n) is 5.71. The van der Waals surface area contributed by atoms with Gasteiger partial charge in [-0.3, -0.25) is 4.57 Å². The minimum atomic E-state index is -1.14. The van der Waals surface area contributed by atoms with Crippen LogP contribution >= 0.6 is 0 Å². The van der Waals surface area contributed by atoms with E-state index in [1.165, 1.54) is 12.3 Å². The molecule has 4 atom stereocenters. The van der Waals surface area contributed by atoms with Gasteiger partial charge in [-0.15, -0.1) is 6.42 Å². The Morgan fingerprint density at radius 1 is 1.74 bits per heavy atom. The summed E-state index contributed by atoms with van der Waals surface area (Å²) in [6.45, 7) is 1.19. The van der Waals surface area contributed by atoms with Crippen LogP contribution in [-0.4, -0.2) is 38.6 Å². The van der Waals surface area contributed by atoms with Crippen molar-refractivity contribution in [3.05, 3.63) is 22.7 Å². The summed E-state index contributed by atoms with van der Waals surface area (Å²) < 4.78 is 6.64. The number of nitrogens with two attached hydrogens (primary N) is 1. The summed E-state index contributed by atoms with van der Waals surface area (Å²) in [6, 6.07) is 1.43. The lowest BCUT2D eigenvalue weighted by molar-refractivity contribution is -0.0502. The van der Waals surface area contributed by atoms with E-state index < -0.39 is 36.1 Å². The van der Waals surface area contributed by atoms with Crippen molar-refractivity contribution in [3.63, 3.8) is 0 Å². The van der Waals surface area contributed by atoms with Crippen molar-refractivity contribution in [2.45, 2.75) is 25.4 Å². The summed E-state index contributed by atoms with van der Waals surface area (Å²) in [5, 5.41) is 19.3. The average molecular weight is 265 g/mol. The maximum Gasteiger partial charge on any atom is 0.351 e. The third kappa shape index (κ3) is 2.00. The number of aliphatic hydroxyl groups excluding tert-OH is 2. The van der Waals surface area contributed by atoms with Crippen molar-refractivity contribution >= 4 is 5.82 Å². The van der Waals surface area contributed by atoms with Crippen LogP contribution in [0, 0.1) is 17.8 Å². The summed E-state index contributed by atoms with van der Waals surface area (Å²) in [7, 11) is 0. The monoisotopic (exact) mass is 265 g/mol. The second kappa shape index (κ2) is 4.66. The lowest BCUT2D eigenvalue weighted by Crippen LogP contribution is -2.39. The summed E-state index contributed by atoms with van der Waals surface area (Å²) >= 11 is 0. The standard InChI is InChI=1S/C12H15N3O4/c1-3-12(2)9(17)7(6-16)19-10(12)15-5-4-8(13)14-11(15)18/h1,4-5,7,9-10,16-17H,6H2,2H3,(H2,13,14,18)/t7-,9-,10-,12-/m1/s1. The molecule has 0 aliphatic carbocycles. The van der Waals surface area contributed by atoms with Gasteiger partial charge < -0.3 is 20.7 Å². The lowest BCUT2D eigenvalue weighted by Gasteiger charge is -2.27. The van der Waals surface area contributed by atoms with E-state index >= 15 is 0 Å². The number of anilines is 1. The molecule has 102 valence electrons. The molecule has 1 aromatic rings. The number of aromatic nitrogens is 2. The number of terminal acetylenes is 1. The lowest BCUT2D eigenvalue weighted by atomic mass is 9.83. The molecule has 1 fully saturated rings. The molecule has 0 saturated carbocycles. The highest BCUT2D eigenvalue weighted by Crippen LogP contribution is 2.44. The SMILES string of the molecule is C#C[C@]1(C)[C@H](O)[C@@H](CO)O[C@H]1n1ccc(N)nc1=O. The number of nitrogens with zero attached hydrogens (tertiary/aromatic N) is 2. The summed E-state index contributed by atoms with van der Waals surface area (Å²) in [6.07, 6.45) is 4.00. The molecule has 1 aliphatic heterocycles. The van der Waals surface area contributed by atoms with E-state index in [1.807, 2.05) is 0 Å². The highest BCUT2D eigenvalue weighted by atomic mass is 16.5. The first kappa shape index (κ1) is 13.5. The molecule has 0 bridgehead atoms. The predicted molar refractivity (Wildman–Crippen MR) is 66.9 cm³/mol. The second-order valence-corrected chi connectivity index (χ2v) is 4.62. The van der Waals surface area contributed by atoms with E-state index in [0.717, 1.165) is 4.57 Å². The Hall–Kier alpha value is -1.88.